The van der Waals surface area contributed by atoms with Crippen LogP contribution in [0.1, 0.15) is 61.8 Å². The van der Waals surface area contributed by atoms with Gasteiger partial charge in [-0.2, -0.15) is 0 Å². The highest BCUT2D eigenvalue weighted by Crippen LogP contribution is 2.25. The molecule has 1 unspecified atom stereocenters. The smallest absolute Gasteiger partial charge is 0.223 e. The molecule has 0 saturated carbocycles. The zero-order chi connectivity index (χ0) is 17.1. The molecule has 0 radical (unpaired) electrons. The van der Waals surface area contributed by atoms with Crippen LogP contribution in [0.5, 0.6) is 0 Å². The second-order valence-electron chi connectivity index (χ2n) is 6.57. The Bertz CT molecular complexity index is 713. The predicted molar refractivity (Wildman–Crippen MR) is 87.4 cm³/mol. The summed E-state index contributed by atoms with van der Waals surface area (Å²) in [6, 6.07) is 1.89. The van der Waals surface area contributed by atoms with Gasteiger partial charge in [0.05, 0.1) is 0 Å². The van der Waals surface area contributed by atoms with E-state index in [0.717, 1.165) is 24.5 Å². The Morgan fingerprint density at radius 2 is 2.25 bits per heavy atom. The molecule has 1 aliphatic heterocycles. The number of aryl methyl sites for hydroxylation is 2. The van der Waals surface area contributed by atoms with Gasteiger partial charge in [-0.05, 0) is 19.4 Å². The summed E-state index contributed by atoms with van der Waals surface area (Å²) in [5.74, 6) is 2.54. The van der Waals surface area contributed by atoms with Crippen molar-refractivity contribution in [3.63, 3.8) is 0 Å². The minimum absolute atomic E-state index is 0.120. The molecule has 1 amide bonds. The highest BCUT2D eigenvalue weighted by atomic mass is 16.4. The molecule has 0 aromatic carbocycles. The molecule has 7 nitrogen and oxygen atoms in total. The van der Waals surface area contributed by atoms with Gasteiger partial charge < -0.3 is 9.32 Å². The van der Waals surface area contributed by atoms with Crippen molar-refractivity contribution < 1.29 is 9.21 Å². The molecule has 1 fully saturated rings. The summed E-state index contributed by atoms with van der Waals surface area (Å²) in [6.45, 7) is 7.39. The fourth-order valence-electron chi connectivity index (χ4n) is 2.84. The Kier molecular flexibility index (Phi) is 4.87. The summed E-state index contributed by atoms with van der Waals surface area (Å²) < 4.78 is 5.55. The minimum atomic E-state index is 0.120. The molecule has 3 heterocycles. The molecular formula is C17H23N5O2. The Labute approximate surface area is 141 Å². The maximum Gasteiger partial charge on any atom is 0.223 e. The second-order valence-corrected chi connectivity index (χ2v) is 6.57. The van der Waals surface area contributed by atoms with Crippen molar-refractivity contribution in [1.29, 1.82) is 0 Å². The van der Waals surface area contributed by atoms with Crippen LogP contribution in [-0.2, 0) is 11.2 Å². The summed E-state index contributed by atoms with van der Waals surface area (Å²) in [5, 5.41) is 7.99. The third-order valence-corrected chi connectivity index (χ3v) is 4.25. The highest BCUT2D eigenvalue weighted by molar-refractivity contribution is 5.76. The standard InChI is InChI=1S/C17H23N5O2/c1-11(2)17-21-20-14(24-17)4-5-15(23)22-9-7-13(10-22)16-18-8-6-12(3)19-16/h6,8,11,13H,4-5,7,9-10H2,1-3H3. The number of carbonyl (C=O) groups is 1. The van der Waals surface area contributed by atoms with Crippen molar-refractivity contribution in [2.75, 3.05) is 13.1 Å². The van der Waals surface area contributed by atoms with Crippen LogP contribution in [0, 0.1) is 6.92 Å². The third kappa shape index (κ3) is 3.77. The van der Waals surface area contributed by atoms with Crippen molar-refractivity contribution in [3.8, 4) is 0 Å². The van der Waals surface area contributed by atoms with E-state index in [1.165, 1.54) is 0 Å². The second kappa shape index (κ2) is 7.07. The fourth-order valence-corrected chi connectivity index (χ4v) is 2.84. The molecule has 3 rings (SSSR count). The Morgan fingerprint density at radius 3 is 2.96 bits per heavy atom. The predicted octanol–water partition coefficient (Wildman–Crippen LogP) is 2.24. The number of nitrogens with zero attached hydrogens (tertiary/aromatic N) is 5. The van der Waals surface area contributed by atoms with E-state index in [1.807, 2.05) is 31.7 Å². The van der Waals surface area contributed by atoms with E-state index in [0.29, 0.717) is 31.2 Å². The summed E-state index contributed by atoms with van der Waals surface area (Å²) >= 11 is 0. The Balaban J connectivity index is 1.52. The van der Waals surface area contributed by atoms with Crippen LogP contribution in [0.15, 0.2) is 16.7 Å². The van der Waals surface area contributed by atoms with Crippen molar-refractivity contribution in [3.05, 3.63) is 35.6 Å². The van der Waals surface area contributed by atoms with Gasteiger partial charge in [-0.3, -0.25) is 4.79 Å². The van der Waals surface area contributed by atoms with Gasteiger partial charge in [0.15, 0.2) is 0 Å². The minimum Gasteiger partial charge on any atom is -0.425 e. The lowest BCUT2D eigenvalue weighted by atomic mass is 10.1. The molecule has 2 aromatic heterocycles. The van der Waals surface area contributed by atoms with Crippen LogP contribution < -0.4 is 0 Å². The van der Waals surface area contributed by atoms with Gasteiger partial charge in [0.25, 0.3) is 0 Å². The molecule has 1 aliphatic rings. The van der Waals surface area contributed by atoms with E-state index in [4.69, 9.17) is 4.42 Å². The molecule has 1 saturated heterocycles. The fraction of sp³-hybridized carbons (Fsp3) is 0.588. The lowest BCUT2D eigenvalue weighted by molar-refractivity contribution is -0.130. The summed E-state index contributed by atoms with van der Waals surface area (Å²) in [6.07, 6.45) is 3.57. The lowest BCUT2D eigenvalue weighted by Crippen LogP contribution is -2.28. The van der Waals surface area contributed by atoms with Crippen molar-refractivity contribution >= 4 is 5.91 Å². The largest absolute Gasteiger partial charge is 0.425 e. The van der Waals surface area contributed by atoms with Crippen LogP contribution in [-0.4, -0.2) is 44.1 Å². The zero-order valence-corrected chi connectivity index (χ0v) is 14.4. The normalized spacial score (nSPS) is 17.7. The topological polar surface area (TPSA) is 85.0 Å². The van der Waals surface area contributed by atoms with E-state index in [2.05, 4.69) is 20.2 Å². The Hall–Kier alpha value is -2.31. The number of hydrogen-bond donors (Lipinski definition) is 0. The average molecular weight is 329 g/mol. The maximum atomic E-state index is 12.4. The van der Waals surface area contributed by atoms with Crippen LogP contribution in [0.25, 0.3) is 0 Å². The van der Waals surface area contributed by atoms with Crippen LogP contribution in [0.2, 0.25) is 0 Å². The first kappa shape index (κ1) is 16.5. The van der Waals surface area contributed by atoms with Crippen LogP contribution in [0.3, 0.4) is 0 Å². The SMILES string of the molecule is Cc1ccnc(C2CCN(C(=O)CCc3nnc(C(C)C)o3)C2)n1. The van der Waals surface area contributed by atoms with E-state index in [9.17, 15) is 4.79 Å². The van der Waals surface area contributed by atoms with E-state index in [-0.39, 0.29) is 17.7 Å². The van der Waals surface area contributed by atoms with Crippen LogP contribution in [0.4, 0.5) is 0 Å². The molecule has 2 aromatic rings. The van der Waals surface area contributed by atoms with Gasteiger partial charge in [0.1, 0.15) is 5.82 Å². The molecule has 0 N–H and O–H groups in total. The van der Waals surface area contributed by atoms with E-state index < -0.39 is 0 Å². The molecule has 1 atom stereocenters. The van der Waals surface area contributed by atoms with E-state index in [1.54, 1.807) is 6.20 Å². The molecule has 7 heteroatoms. The molecule has 0 bridgehead atoms. The first-order valence-electron chi connectivity index (χ1n) is 8.42. The van der Waals surface area contributed by atoms with Crippen molar-refractivity contribution in [2.45, 2.75) is 51.9 Å². The van der Waals surface area contributed by atoms with Crippen LogP contribution >= 0.6 is 0 Å². The van der Waals surface area contributed by atoms with Crippen molar-refractivity contribution in [2.24, 2.45) is 0 Å². The number of rotatable bonds is 5. The highest BCUT2D eigenvalue weighted by Gasteiger charge is 2.29. The number of carbonyl (C=O) groups excluding carboxylic acids is 1. The van der Waals surface area contributed by atoms with Gasteiger partial charge in [0, 0.05) is 49.7 Å². The number of amides is 1. The average Bonchev–Trinajstić information content (AvgIpc) is 3.22. The first-order valence-corrected chi connectivity index (χ1v) is 8.42. The molecule has 128 valence electrons. The van der Waals surface area contributed by atoms with E-state index >= 15 is 0 Å². The number of aromatic nitrogens is 4. The number of likely N-dealkylation sites (tertiary alicyclic amines) is 1. The maximum absolute atomic E-state index is 12.4. The first-order chi connectivity index (χ1) is 11.5. The summed E-state index contributed by atoms with van der Waals surface area (Å²) in [4.78, 5) is 23.1. The lowest BCUT2D eigenvalue weighted by Gasteiger charge is -2.15. The van der Waals surface area contributed by atoms with Gasteiger partial charge in [-0.1, -0.05) is 13.8 Å². The molecule has 24 heavy (non-hydrogen) atoms. The third-order valence-electron chi connectivity index (χ3n) is 4.25. The van der Waals surface area contributed by atoms with Gasteiger partial charge in [0.2, 0.25) is 17.7 Å². The van der Waals surface area contributed by atoms with Gasteiger partial charge in [-0.15, -0.1) is 10.2 Å². The molecular weight excluding hydrogens is 306 g/mol. The zero-order valence-electron chi connectivity index (χ0n) is 14.4. The molecule has 0 aliphatic carbocycles. The van der Waals surface area contributed by atoms with Crippen molar-refractivity contribution in [1.82, 2.24) is 25.1 Å². The number of hydrogen-bond acceptors (Lipinski definition) is 6. The molecule has 0 spiro atoms. The summed E-state index contributed by atoms with van der Waals surface area (Å²) in [7, 11) is 0. The quantitative estimate of drug-likeness (QED) is 0.836. The van der Waals surface area contributed by atoms with Gasteiger partial charge in [-0.25, -0.2) is 9.97 Å². The Morgan fingerprint density at radius 1 is 1.42 bits per heavy atom. The van der Waals surface area contributed by atoms with Gasteiger partial charge >= 0.3 is 0 Å². The summed E-state index contributed by atoms with van der Waals surface area (Å²) in [5.41, 5.74) is 0.960. The monoisotopic (exact) mass is 329 g/mol.